The van der Waals surface area contributed by atoms with Crippen molar-refractivity contribution in [3.63, 3.8) is 0 Å². The molecule has 7 aromatic carbocycles. The lowest BCUT2D eigenvalue weighted by atomic mass is 9.82. The first-order valence-corrected chi connectivity index (χ1v) is 21.6. The van der Waals surface area contributed by atoms with Gasteiger partial charge in [-0.2, -0.15) is 10.5 Å². The zero-order chi connectivity index (χ0) is 36.7. The number of hydrogen-bond donors (Lipinski definition) is 0. The van der Waals surface area contributed by atoms with Crippen LogP contribution >= 0.6 is 0 Å². The van der Waals surface area contributed by atoms with Crippen LogP contribution in [0.25, 0.3) is 77.2 Å². The average Bonchev–Trinajstić information content (AvgIpc) is 3.85. The highest BCUT2D eigenvalue weighted by Crippen LogP contribution is 2.51. The lowest BCUT2D eigenvalue weighted by Crippen LogP contribution is -2.49. The Labute approximate surface area is 314 Å². The Kier molecular flexibility index (Phi) is 6.00. The third-order valence-corrected chi connectivity index (χ3v) is 16.1. The van der Waals surface area contributed by atoms with Gasteiger partial charge in [-0.1, -0.05) is 81.5 Å². The summed E-state index contributed by atoms with van der Waals surface area (Å²) in [6, 6.07) is 53.1. The molecule has 0 atom stereocenters. The van der Waals surface area contributed by atoms with Crippen molar-refractivity contribution >= 4 is 62.1 Å². The van der Waals surface area contributed by atoms with Crippen molar-refractivity contribution < 1.29 is 0 Å². The van der Waals surface area contributed by atoms with Crippen LogP contribution in [-0.2, 0) is 5.41 Å². The van der Waals surface area contributed by atoms with Gasteiger partial charge in [0.15, 0.2) is 0 Å². The molecule has 0 bridgehead atoms. The van der Waals surface area contributed by atoms with Crippen LogP contribution in [0.2, 0.25) is 13.1 Å². The molecule has 5 heteroatoms. The zero-order valence-electron chi connectivity index (χ0n) is 30.5. The summed E-state index contributed by atoms with van der Waals surface area (Å²) in [7, 11) is -2.00. The van der Waals surface area contributed by atoms with Crippen LogP contribution in [0.15, 0.2) is 133 Å². The number of para-hydroxylation sites is 1. The molecule has 0 radical (unpaired) electrons. The number of aromatic nitrogens is 2. The SMILES string of the molecule is CC1(C)c2ccccc2-c2cc3c4ccccc4n(-c4ccc5c(c4)-c4cc(-n6c7ccc(C#N)cc7c7cc(C#N)ccc76)ccc4[Si]5(C)C)c3cc21. The normalized spacial score (nSPS) is 14.6. The summed E-state index contributed by atoms with van der Waals surface area (Å²) in [5, 5.41) is 26.9. The van der Waals surface area contributed by atoms with Gasteiger partial charge in [0.2, 0.25) is 0 Å². The molecule has 2 aromatic heterocycles. The molecule has 0 fully saturated rings. The molecule has 11 rings (SSSR count). The molecule has 0 spiro atoms. The van der Waals surface area contributed by atoms with Gasteiger partial charge in [-0.25, -0.2) is 0 Å². The van der Waals surface area contributed by atoms with Gasteiger partial charge in [0, 0.05) is 38.3 Å². The Morgan fingerprint density at radius 1 is 0.463 bits per heavy atom. The minimum atomic E-state index is -2.00. The molecule has 0 amide bonds. The van der Waals surface area contributed by atoms with E-state index >= 15 is 0 Å². The summed E-state index contributed by atoms with van der Waals surface area (Å²) < 4.78 is 4.77. The third kappa shape index (κ3) is 3.89. The van der Waals surface area contributed by atoms with E-state index in [1.54, 1.807) is 0 Å². The number of rotatable bonds is 2. The standard InChI is InChI=1S/C49H34N4Si/c1-49(2)41-11-7-5-9-33(41)35-25-38-34-10-6-8-12-43(34)53(46(38)26-42(35)49)32-16-20-48-40(24-32)39-23-31(15-19-47(39)54(48,3)4)52-44-17-13-29(27-50)21-36(44)37-22-30(28-51)14-18-45(37)52/h5-26H,1-4H3. The van der Waals surface area contributed by atoms with Crippen molar-refractivity contribution in [1.29, 1.82) is 10.5 Å². The van der Waals surface area contributed by atoms with Gasteiger partial charge in [-0.3, -0.25) is 0 Å². The van der Waals surface area contributed by atoms with Gasteiger partial charge < -0.3 is 9.13 Å². The van der Waals surface area contributed by atoms with Crippen LogP contribution < -0.4 is 10.4 Å². The highest BCUT2D eigenvalue weighted by molar-refractivity contribution is 7.03. The predicted molar refractivity (Wildman–Crippen MR) is 224 cm³/mol. The topological polar surface area (TPSA) is 57.4 Å². The largest absolute Gasteiger partial charge is 0.309 e. The number of hydrogen-bond acceptors (Lipinski definition) is 2. The Morgan fingerprint density at radius 2 is 1.00 bits per heavy atom. The van der Waals surface area contributed by atoms with E-state index in [1.165, 1.54) is 71.2 Å². The summed E-state index contributed by atoms with van der Waals surface area (Å²) in [6.07, 6.45) is 0. The van der Waals surface area contributed by atoms with E-state index in [9.17, 15) is 10.5 Å². The van der Waals surface area contributed by atoms with Crippen molar-refractivity contribution in [2.75, 3.05) is 0 Å². The fourth-order valence-corrected chi connectivity index (χ4v) is 13.0. The van der Waals surface area contributed by atoms with Gasteiger partial charge in [0.1, 0.15) is 8.07 Å². The van der Waals surface area contributed by atoms with E-state index in [4.69, 9.17) is 0 Å². The maximum absolute atomic E-state index is 9.74. The monoisotopic (exact) mass is 706 g/mol. The van der Waals surface area contributed by atoms with E-state index in [0.29, 0.717) is 11.1 Å². The maximum atomic E-state index is 9.74. The lowest BCUT2D eigenvalue weighted by Gasteiger charge is -2.22. The minimum absolute atomic E-state index is 0.0938. The second-order valence-electron chi connectivity index (χ2n) is 16.0. The molecule has 54 heavy (non-hydrogen) atoms. The van der Waals surface area contributed by atoms with Gasteiger partial charge >= 0.3 is 0 Å². The smallest absolute Gasteiger partial charge is 0.113 e. The van der Waals surface area contributed by atoms with E-state index in [0.717, 1.165) is 27.5 Å². The van der Waals surface area contributed by atoms with E-state index in [1.807, 2.05) is 36.4 Å². The molecule has 3 heterocycles. The van der Waals surface area contributed by atoms with Crippen LogP contribution in [0.5, 0.6) is 0 Å². The van der Waals surface area contributed by atoms with Crippen LogP contribution in [0, 0.1) is 22.7 Å². The second-order valence-corrected chi connectivity index (χ2v) is 20.4. The molecule has 4 nitrogen and oxygen atoms in total. The summed E-state index contributed by atoms with van der Waals surface area (Å²) in [4.78, 5) is 0. The maximum Gasteiger partial charge on any atom is 0.113 e. The molecule has 0 saturated carbocycles. The van der Waals surface area contributed by atoms with Gasteiger partial charge in [0.25, 0.3) is 0 Å². The van der Waals surface area contributed by atoms with Crippen molar-refractivity contribution in [3.8, 4) is 45.8 Å². The summed E-state index contributed by atoms with van der Waals surface area (Å²) in [5.74, 6) is 0. The quantitative estimate of drug-likeness (QED) is 0.168. The van der Waals surface area contributed by atoms with Crippen molar-refractivity contribution in [2.45, 2.75) is 32.4 Å². The first-order valence-electron chi connectivity index (χ1n) is 18.6. The van der Waals surface area contributed by atoms with Gasteiger partial charge in [-0.15, -0.1) is 0 Å². The van der Waals surface area contributed by atoms with E-state index in [2.05, 4.69) is 145 Å². The number of nitriles is 2. The molecule has 1 aliphatic carbocycles. The molecule has 1 aliphatic heterocycles. The highest BCUT2D eigenvalue weighted by atomic mass is 28.3. The number of fused-ring (bicyclic) bond motifs is 12. The van der Waals surface area contributed by atoms with Crippen LogP contribution in [-0.4, -0.2) is 17.2 Å². The Hall–Kier alpha value is -6.66. The lowest BCUT2D eigenvalue weighted by molar-refractivity contribution is 0.661. The Bertz CT molecular complexity index is 3180. The molecule has 9 aromatic rings. The average molecular weight is 707 g/mol. The Morgan fingerprint density at radius 3 is 1.63 bits per heavy atom. The fourth-order valence-electron chi connectivity index (χ4n) is 9.91. The van der Waals surface area contributed by atoms with E-state index < -0.39 is 8.07 Å². The van der Waals surface area contributed by atoms with Crippen LogP contribution in [0.4, 0.5) is 0 Å². The van der Waals surface area contributed by atoms with Crippen molar-refractivity contribution in [1.82, 2.24) is 9.13 Å². The van der Waals surface area contributed by atoms with Crippen LogP contribution in [0.3, 0.4) is 0 Å². The molecular formula is C49H34N4Si. The van der Waals surface area contributed by atoms with Gasteiger partial charge in [-0.05, 0) is 123 Å². The minimum Gasteiger partial charge on any atom is -0.309 e. The molecule has 0 saturated heterocycles. The summed E-state index contributed by atoms with van der Waals surface area (Å²) in [6.45, 7) is 9.64. The molecule has 0 N–H and O–H groups in total. The summed E-state index contributed by atoms with van der Waals surface area (Å²) in [5.41, 5.74) is 15.9. The first-order chi connectivity index (χ1) is 26.2. The van der Waals surface area contributed by atoms with Crippen LogP contribution in [0.1, 0.15) is 36.1 Å². The first kappa shape index (κ1) is 30.9. The van der Waals surface area contributed by atoms with Crippen molar-refractivity contribution in [2.24, 2.45) is 0 Å². The second kappa shape index (κ2) is 10.5. The summed E-state index contributed by atoms with van der Waals surface area (Å²) >= 11 is 0. The van der Waals surface area contributed by atoms with E-state index in [-0.39, 0.29) is 5.41 Å². The molecular weight excluding hydrogens is 673 g/mol. The third-order valence-electron chi connectivity index (χ3n) is 12.6. The van der Waals surface area contributed by atoms with Crippen molar-refractivity contribution in [3.05, 3.63) is 156 Å². The molecule has 254 valence electrons. The fraction of sp³-hybridized carbons (Fsp3) is 0.102. The van der Waals surface area contributed by atoms with Gasteiger partial charge in [0.05, 0.1) is 45.3 Å². The Balaban J connectivity index is 1.14. The molecule has 2 aliphatic rings. The number of nitrogens with zero attached hydrogens (tertiary/aromatic N) is 4. The zero-order valence-corrected chi connectivity index (χ0v) is 31.5. The predicted octanol–water partition coefficient (Wildman–Crippen LogP) is 10.7. The number of benzene rings is 7. The molecule has 0 unspecified atom stereocenters. The highest BCUT2D eigenvalue weighted by Gasteiger charge is 2.39.